The average molecular weight is 277 g/mol. The molecule has 6 nitrogen and oxygen atoms in total. The number of carbonyl (C=O) groups is 1. The molecule has 3 heterocycles. The van der Waals surface area contributed by atoms with E-state index in [0.29, 0.717) is 11.6 Å². The Morgan fingerprint density at radius 3 is 2.95 bits per heavy atom. The Hall–Kier alpha value is -1.76. The Morgan fingerprint density at radius 2 is 2.26 bits per heavy atom. The number of amides is 1. The maximum atomic E-state index is 11.7. The van der Waals surface area contributed by atoms with Crippen LogP contribution >= 0.6 is 11.8 Å². The molecule has 100 valence electrons. The molecule has 0 bridgehead atoms. The zero-order valence-electron chi connectivity index (χ0n) is 11.0. The first kappa shape index (κ1) is 12.3. The Morgan fingerprint density at radius 1 is 1.47 bits per heavy atom. The summed E-state index contributed by atoms with van der Waals surface area (Å²) in [7, 11) is 1.91. The van der Waals surface area contributed by atoms with Gasteiger partial charge in [-0.25, -0.2) is 0 Å². The second-order valence-corrected chi connectivity index (χ2v) is 5.79. The molecular formula is C12H15N5OS. The number of aryl methyl sites for hydroxylation is 3. The fraction of sp³-hybridized carbons (Fsp3) is 0.417. The van der Waals surface area contributed by atoms with Gasteiger partial charge in [-0.05, 0) is 13.8 Å². The monoisotopic (exact) mass is 277 g/mol. The van der Waals surface area contributed by atoms with Gasteiger partial charge in [0.15, 0.2) is 5.82 Å². The number of H-pyrrole nitrogens is 1. The zero-order chi connectivity index (χ0) is 13.6. The molecule has 0 spiro atoms. The van der Waals surface area contributed by atoms with Crippen molar-refractivity contribution < 1.29 is 4.79 Å². The number of carbonyl (C=O) groups excluding carboxylic acids is 1. The molecular weight excluding hydrogens is 262 g/mol. The summed E-state index contributed by atoms with van der Waals surface area (Å²) in [6.45, 7) is 3.97. The quantitative estimate of drug-likeness (QED) is 0.829. The van der Waals surface area contributed by atoms with Crippen LogP contribution in [-0.4, -0.2) is 31.6 Å². The summed E-state index contributed by atoms with van der Waals surface area (Å²) < 4.78 is 1.81. The van der Waals surface area contributed by atoms with E-state index in [1.54, 1.807) is 16.4 Å². The van der Waals surface area contributed by atoms with Gasteiger partial charge < -0.3 is 5.32 Å². The van der Waals surface area contributed by atoms with E-state index in [2.05, 4.69) is 20.6 Å². The van der Waals surface area contributed by atoms with Crippen LogP contribution in [0.5, 0.6) is 0 Å². The minimum Gasteiger partial charge on any atom is -0.308 e. The number of nitrogens with zero attached hydrogens (tertiary/aromatic N) is 3. The molecule has 2 N–H and O–H groups in total. The third-order valence-electron chi connectivity index (χ3n) is 3.23. The van der Waals surface area contributed by atoms with E-state index in [1.807, 2.05) is 27.1 Å². The molecule has 3 rings (SSSR count). The van der Waals surface area contributed by atoms with Crippen LogP contribution in [0.25, 0.3) is 0 Å². The largest absolute Gasteiger partial charge is 0.308 e. The van der Waals surface area contributed by atoms with E-state index in [0.717, 1.165) is 22.5 Å². The van der Waals surface area contributed by atoms with Gasteiger partial charge in [0.05, 0.1) is 16.7 Å². The number of aromatic amines is 1. The van der Waals surface area contributed by atoms with E-state index in [1.165, 1.54) is 0 Å². The fourth-order valence-corrected chi connectivity index (χ4v) is 3.64. The zero-order valence-corrected chi connectivity index (χ0v) is 11.8. The molecule has 2 aromatic rings. The van der Waals surface area contributed by atoms with Crippen molar-refractivity contribution in [2.45, 2.75) is 19.1 Å². The van der Waals surface area contributed by atoms with Crippen LogP contribution in [0, 0.1) is 13.8 Å². The molecule has 1 atom stereocenters. The third kappa shape index (κ3) is 2.03. The summed E-state index contributed by atoms with van der Waals surface area (Å²) in [5.41, 5.74) is 4.15. The second kappa shape index (κ2) is 4.41. The highest BCUT2D eigenvalue weighted by molar-refractivity contribution is 8.00. The Labute approximate surface area is 115 Å². The molecule has 2 aromatic heterocycles. The van der Waals surface area contributed by atoms with Gasteiger partial charge in [0.25, 0.3) is 0 Å². The first-order valence-corrected chi connectivity index (χ1v) is 7.07. The molecule has 7 heteroatoms. The van der Waals surface area contributed by atoms with Crippen LogP contribution in [0.4, 0.5) is 5.82 Å². The minimum atomic E-state index is -0.0122. The van der Waals surface area contributed by atoms with Crippen molar-refractivity contribution in [3.63, 3.8) is 0 Å². The van der Waals surface area contributed by atoms with E-state index < -0.39 is 0 Å². The summed E-state index contributed by atoms with van der Waals surface area (Å²) in [5.74, 6) is 1.05. The molecule has 0 aliphatic carbocycles. The standard InChI is InChI=1S/C12H15N5OS/c1-6-8(4-17(3)16-6)11-10-7(2)14-15-12(10)13-9(18)5-19-11/h4,11H,5H2,1-3H3,(H2,13,14,15,18)/t11-/m1/s1. The molecule has 1 amide bonds. The SMILES string of the molecule is Cc1nn(C)cc1[C@H]1SCC(=O)Nc2n[nH]c(C)c21. The van der Waals surface area contributed by atoms with Crippen molar-refractivity contribution in [3.8, 4) is 0 Å². The lowest BCUT2D eigenvalue weighted by atomic mass is 10.1. The summed E-state index contributed by atoms with van der Waals surface area (Å²) in [5, 5.41) is 14.4. The summed E-state index contributed by atoms with van der Waals surface area (Å²) in [4.78, 5) is 11.7. The maximum Gasteiger partial charge on any atom is 0.235 e. The predicted octanol–water partition coefficient (Wildman–Crippen LogP) is 1.53. The van der Waals surface area contributed by atoms with Gasteiger partial charge in [-0.1, -0.05) is 0 Å². The lowest BCUT2D eigenvalue weighted by molar-refractivity contribution is -0.113. The molecule has 0 radical (unpaired) electrons. The van der Waals surface area contributed by atoms with Gasteiger partial charge in [0, 0.05) is 30.1 Å². The Bertz CT molecular complexity index is 645. The fourth-order valence-electron chi connectivity index (χ4n) is 2.39. The lowest BCUT2D eigenvalue weighted by Crippen LogP contribution is -2.12. The normalized spacial score (nSPS) is 18.9. The van der Waals surface area contributed by atoms with E-state index in [-0.39, 0.29) is 11.2 Å². The average Bonchev–Trinajstić information content (AvgIpc) is 2.80. The first-order chi connectivity index (χ1) is 9.06. The van der Waals surface area contributed by atoms with Crippen molar-refractivity contribution in [2.75, 3.05) is 11.1 Å². The number of thioether (sulfide) groups is 1. The van der Waals surface area contributed by atoms with Gasteiger partial charge in [0.1, 0.15) is 0 Å². The van der Waals surface area contributed by atoms with Crippen molar-refractivity contribution in [1.82, 2.24) is 20.0 Å². The van der Waals surface area contributed by atoms with Crippen molar-refractivity contribution in [3.05, 3.63) is 28.7 Å². The van der Waals surface area contributed by atoms with E-state index in [4.69, 9.17) is 0 Å². The van der Waals surface area contributed by atoms with Gasteiger partial charge in [-0.15, -0.1) is 11.8 Å². The molecule has 0 saturated heterocycles. The van der Waals surface area contributed by atoms with E-state index >= 15 is 0 Å². The van der Waals surface area contributed by atoms with Crippen molar-refractivity contribution in [2.24, 2.45) is 7.05 Å². The predicted molar refractivity (Wildman–Crippen MR) is 74.2 cm³/mol. The molecule has 1 aliphatic heterocycles. The van der Waals surface area contributed by atoms with Gasteiger partial charge in [0.2, 0.25) is 5.91 Å². The van der Waals surface area contributed by atoms with Gasteiger partial charge >= 0.3 is 0 Å². The van der Waals surface area contributed by atoms with Crippen molar-refractivity contribution in [1.29, 1.82) is 0 Å². The molecule has 19 heavy (non-hydrogen) atoms. The van der Waals surface area contributed by atoms with Crippen LogP contribution in [0.3, 0.4) is 0 Å². The number of rotatable bonds is 1. The van der Waals surface area contributed by atoms with Crippen LogP contribution in [-0.2, 0) is 11.8 Å². The summed E-state index contributed by atoms with van der Waals surface area (Å²) in [6, 6.07) is 0. The van der Waals surface area contributed by atoms with Crippen molar-refractivity contribution >= 4 is 23.5 Å². The van der Waals surface area contributed by atoms with Gasteiger partial charge in [-0.3, -0.25) is 14.6 Å². The maximum absolute atomic E-state index is 11.7. The smallest absolute Gasteiger partial charge is 0.235 e. The summed E-state index contributed by atoms with van der Waals surface area (Å²) >= 11 is 1.61. The number of fused-ring (bicyclic) bond motifs is 1. The number of nitrogens with one attached hydrogen (secondary N) is 2. The van der Waals surface area contributed by atoms with Crippen LogP contribution < -0.4 is 5.32 Å². The Balaban J connectivity index is 2.13. The first-order valence-electron chi connectivity index (χ1n) is 6.02. The number of aromatic nitrogens is 4. The van der Waals surface area contributed by atoms with Crippen LogP contribution in [0.1, 0.15) is 27.8 Å². The number of anilines is 1. The molecule has 0 fully saturated rings. The second-order valence-electron chi connectivity index (χ2n) is 4.69. The summed E-state index contributed by atoms with van der Waals surface area (Å²) in [6.07, 6.45) is 2.01. The van der Waals surface area contributed by atoms with Crippen LogP contribution in [0.2, 0.25) is 0 Å². The molecule has 0 unspecified atom stereocenters. The highest BCUT2D eigenvalue weighted by Crippen LogP contribution is 2.42. The number of hydrogen-bond acceptors (Lipinski definition) is 4. The lowest BCUT2D eigenvalue weighted by Gasteiger charge is -2.13. The van der Waals surface area contributed by atoms with Crippen LogP contribution in [0.15, 0.2) is 6.20 Å². The molecule has 1 aliphatic rings. The third-order valence-corrected chi connectivity index (χ3v) is 4.48. The Kier molecular flexibility index (Phi) is 2.85. The molecule has 0 saturated carbocycles. The highest BCUT2D eigenvalue weighted by Gasteiger charge is 2.30. The number of hydrogen-bond donors (Lipinski definition) is 2. The topological polar surface area (TPSA) is 75.6 Å². The molecule has 0 aromatic carbocycles. The minimum absolute atomic E-state index is 0.0122. The highest BCUT2D eigenvalue weighted by atomic mass is 32.2. The van der Waals surface area contributed by atoms with E-state index in [9.17, 15) is 4.79 Å². The van der Waals surface area contributed by atoms with Gasteiger partial charge in [-0.2, -0.15) is 10.2 Å².